The summed E-state index contributed by atoms with van der Waals surface area (Å²) in [5.41, 5.74) is -0.408. The molecule has 1 heterocycles. The molecular weight excluding hydrogens is 156 g/mol. The molecule has 0 N–H and O–H groups in total. The summed E-state index contributed by atoms with van der Waals surface area (Å²) in [6.07, 6.45) is 4.58. The number of methoxy groups -OCH3 is 1. The normalized spacial score (nSPS) is 32.2. The minimum Gasteiger partial charge on any atom is -0.497 e. The lowest BCUT2D eigenvalue weighted by molar-refractivity contribution is -0.150. The molecule has 2 rings (SSSR count). The third-order valence-corrected chi connectivity index (χ3v) is 2.74. The van der Waals surface area contributed by atoms with Gasteiger partial charge in [0.2, 0.25) is 0 Å². The first-order valence-corrected chi connectivity index (χ1v) is 4.21. The summed E-state index contributed by atoms with van der Waals surface area (Å²) in [7, 11) is 1.44. The second-order valence-electron chi connectivity index (χ2n) is 3.28. The number of fused-ring (bicyclic) bond motifs is 1. The number of esters is 1. The van der Waals surface area contributed by atoms with E-state index in [1.807, 2.05) is 6.08 Å². The monoisotopic (exact) mass is 168 g/mol. The Bertz CT molecular complexity index is 244. The summed E-state index contributed by atoms with van der Waals surface area (Å²) >= 11 is 0. The van der Waals surface area contributed by atoms with Crippen molar-refractivity contribution >= 4 is 5.97 Å². The van der Waals surface area contributed by atoms with Gasteiger partial charge in [-0.2, -0.15) is 0 Å². The van der Waals surface area contributed by atoms with Gasteiger partial charge in [0.1, 0.15) is 11.2 Å². The van der Waals surface area contributed by atoms with Crippen LogP contribution in [0.1, 0.15) is 19.3 Å². The van der Waals surface area contributed by atoms with Crippen molar-refractivity contribution in [1.29, 1.82) is 0 Å². The lowest BCUT2D eigenvalue weighted by atomic mass is 9.84. The van der Waals surface area contributed by atoms with Crippen LogP contribution in [-0.4, -0.2) is 19.7 Å². The molecule has 3 nitrogen and oxygen atoms in total. The molecule has 0 aromatic rings. The van der Waals surface area contributed by atoms with Gasteiger partial charge in [-0.3, -0.25) is 4.79 Å². The Morgan fingerprint density at radius 1 is 1.67 bits per heavy atom. The molecule has 0 saturated carbocycles. The first kappa shape index (κ1) is 7.65. The number of allylic oxidation sites excluding steroid dienone is 1. The van der Waals surface area contributed by atoms with Gasteiger partial charge < -0.3 is 9.47 Å². The molecule has 2 aliphatic rings. The summed E-state index contributed by atoms with van der Waals surface area (Å²) in [4.78, 5) is 11.5. The molecule has 0 radical (unpaired) electrons. The van der Waals surface area contributed by atoms with Gasteiger partial charge in [0, 0.05) is 6.42 Å². The Morgan fingerprint density at radius 2 is 2.50 bits per heavy atom. The van der Waals surface area contributed by atoms with E-state index in [0.717, 1.165) is 25.0 Å². The van der Waals surface area contributed by atoms with Crippen molar-refractivity contribution in [3.8, 4) is 0 Å². The van der Waals surface area contributed by atoms with Crippen LogP contribution in [0.15, 0.2) is 11.8 Å². The van der Waals surface area contributed by atoms with Gasteiger partial charge in [0.05, 0.1) is 13.7 Å². The van der Waals surface area contributed by atoms with Crippen LogP contribution in [0.3, 0.4) is 0 Å². The molecule has 66 valence electrons. The van der Waals surface area contributed by atoms with Crippen LogP contribution in [0.2, 0.25) is 0 Å². The Balaban J connectivity index is 2.30. The predicted molar refractivity (Wildman–Crippen MR) is 42.3 cm³/mol. The minimum atomic E-state index is -0.408. The number of ether oxygens (including phenoxy) is 2. The highest BCUT2D eigenvalue weighted by Gasteiger charge is 2.50. The van der Waals surface area contributed by atoms with Crippen molar-refractivity contribution in [3.63, 3.8) is 0 Å². The van der Waals surface area contributed by atoms with Crippen LogP contribution >= 0.6 is 0 Å². The maximum Gasteiger partial charge on any atom is 0.319 e. The second-order valence-corrected chi connectivity index (χ2v) is 3.28. The van der Waals surface area contributed by atoms with E-state index >= 15 is 0 Å². The average molecular weight is 168 g/mol. The standard InChI is InChI=1S/C9H12O3/c1-11-8(10)9-4-2-3-7(9)12-6-5-9/h3H,2,4-6H2,1H3. The van der Waals surface area contributed by atoms with Crippen molar-refractivity contribution in [3.05, 3.63) is 11.8 Å². The highest BCUT2D eigenvalue weighted by molar-refractivity contribution is 5.81. The van der Waals surface area contributed by atoms with E-state index in [-0.39, 0.29) is 5.97 Å². The molecule has 0 spiro atoms. The summed E-state index contributed by atoms with van der Waals surface area (Å²) in [6, 6.07) is 0. The van der Waals surface area contributed by atoms with E-state index in [1.54, 1.807) is 0 Å². The average Bonchev–Trinajstić information content (AvgIpc) is 2.60. The lowest BCUT2D eigenvalue weighted by Gasteiger charge is -2.19. The number of carbonyl (C=O) groups is 1. The largest absolute Gasteiger partial charge is 0.497 e. The number of hydrogen-bond acceptors (Lipinski definition) is 3. The zero-order valence-corrected chi connectivity index (χ0v) is 7.13. The van der Waals surface area contributed by atoms with Crippen LogP contribution in [-0.2, 0) is 14.3 Å². The van der Waals surface area contributed by atoms with Crippen LogP contribution in [0.25, 0.3) is 0 Å². The van der Waals surface area contributed by atoms with Gasteiger partial charge in [-0.1, -0.05) is 0 Å². The van der Waals surface area contributed by atoms with E-state index in [9.17, 15) is 4.79 Å². The first-order valence-electron chi connectivity index (χ1n) is 4.21. The topological polar surface area (TPSA) is 35.5 Å². The van der Waals surface area contributed by atoms with E-state index in [1.165, 1.54) is 7.11 Å². The Hall–Kier alpha value is -0.990. The van der Waals surface area contributed by atoms with Crippen LogP contribution in [0, 0.1) is 5.41 Å². The highest BCUT2D eigenvalue weighted by Crippen LogP contribution is 2.47. The molecule has 12 heavy (non-hydrogen) atoms. The first-order chi connectivity index (χ1) is 5.79. The van der Waals surface area contributed by atoms with Gasteiger partial charge in [-0.05, 0) is 18.9 Å². The second kappa shape index (κ2) is 2.51. The predicted octanol–water partition coefficient (Wildman–Crippen LogP) is 1.24. The zero-order chi connectivity index (χ0) is 8.60. The summed E-state index contributed by atoms with van der Waals surface area (Å²) in [5.74, 6) is 0.707. The molecule has 1 aliphatic carbocycles. The third kappa shape index (κ3) is 0.792. The molecule has 0 bridgehead atoms. The molecule has 0 aromatic heterocycles. The van der Waals surface area contributed by atoms with Gasteiger partial charge in [0.15, 0.2) is 0 Å². The fourth-order valence-electron chi connectivity index (χ4n) is 2.05. The van der Waals surface area contributed by atoms with Gasteiger partial charge in [-0.25, -0.2) is 0 Å². The number of hydrogen-bond donors (Lipinski definition) is 0. The molecule has 1 aliphatic heterocycles. The fraction of sp³-hybridized carbons (Fsp3) is 0.667. The van der Waals surface area contributed by atoms with Crippen LogP contribution in [0.4, 0.5) is 0 Å². The van der Waals surface area contributed by atoms with E-state index in [4.69, 9.17) is 9.47 Å². The Labute approximate surface area is 71.3 Å². The third-order valence-electron chi connectivity index (χ3n) is 2.74. The SMILES string of the molecule is COC(=O)C12CCC=C1OCC2. The Morgan fingerprint density at radius 3 is 3.25 bits per heavy atom. The fourth-order valence-corrected chi connectivity index (χ4v) is 2.05. The van der Waals surface area contributed by atoms with E-state index in [0.29, 0.717) is 6.61 Å². The number of carbonyl (C=O) groups excluding carboxylic acids is 1. The van der Waals surface area contributed by atoms with Crippen molar-refractivity contribution in [2.75, 3.05) is 13.7 Å². The Kier molecular flexibility index (Phi) is 1.60. The minimum absolute atomic E-state index is 0.135. The molecule has 1 saturated heterocycles. The zero-order valence-electron chi connectivity index (χ0n) is 7.13. The van der Waals surface area contributed by atoms with Gasteiger partial charge in [-0.15, -0.1) is 0 Å². The lowest BCUT2D eigenvalue weighted by Crippen LogP contribution is -2.28. The molecule has 1 fully saturated rings. The van der Waals surface area contributed by atoms with Crippen molar-refractivity contribution in [1.82, 2.24) is 0 Å². The van der Waals surface area contributed by atoms with E-state index < -0.39 is 5.41 Å². The van der Waals surface area contributed by atoms with E-state index in [2.05, 4.69) is 0 Å². The molecule has 3 heteroatoms. The maximum absolute atomic E-state index is 11.5. The molecule has 1 atom stereocenters. The molecule has 0 amide bonds. The van der Waals surface area contributed by atoms with Crippen molar-refractivity contribution in [2.45, 2.75) is 19.3 Å². The van der Waals surface area contributed by atoms with Crippen LogP contribution in [0.5, 0.6) is 0 Å². The summed E-state index contributed by atoms with van der Waals surface area (Å²) in [6.45, 7) is 0.654. The van der Waals surface area contributed by atoms with Crippen molar-refractivity contribution < 1.29 is 14.3 Å². The smallest absolute Gasteiger partial charge is 0.319 e. The molecular formula is C9H12O3. The van der Waals surface area contributed by atoms with Crippen molar-refractivity contribution in [2.24, 2.45) is 5.41 Å². The van der Waals surface area contributed by atoms with Gasteiger partial charge in [0.25, 0.3) is 0 Å². The molecule has 1 unspecified atom stereocenters. The maximum atomic E-state index is 11.5. The highest BCUT2D eigenvalue weighted by atomic mass is 16.5. The van der Waals surface area contributed by atoms with Crippen LogP contribution < -0.4 is 0 Å². The quantitative estimate of drug-likeness (QED) is 0.553. The number of rotatable bonds is 1. The van der Waals surface area contributed by atoms with Gasteiger partial charge >= 0.3 is 5.97 Å². The summed E-state index contributed by atoms with van der Waals surface area (Å²) in [5, 5.41) is 0. The summed E-state index contributed by atoms with van der Waals surface area (Å²) < 4.78 is 10.1. The molecule has 0 aromatic carbocycles.